The van der Waals surface area contributed by atoms with Crippen molar-refractivity contribution in [2.24, 2.45) is 12.8 Å². The van der Waals surface area contributed by atoms with Crippen molar-refractivity contribution < 1.29 is 0 Å². The van der Waals surface area contributed by atoms with Gasteiger partial charge in [-0.1, -0.05) is 0 Å². The third-order valence-corrected chi connectivity index (χ3v) is 4.32. The Morgan fingerprint density at radius 3 is 3.00 bits per heavy atom. The highest BCUT2D eigenvalue weighted by Crippen LogP contribution is 2.35. The molecule has 1 saturated carbocycles. The van der Waals surface area contributed by atoms with E-state index in [9.17, 15) is 0 Å². The molecule has 4 rings (SSSR count). The Morgan fingerprint density at radius 2 is 2.27 bits per heavy atom. The summed E-state index contributed by atoms with van der Waals surface area (Å²) in [4.78, 5) is 4.33. The van der Waals surface area contributed by atoms with Crippen molar-refractivity contribution in [1.82, 2.24) is 24.4 Å². The van der Waals surface area contributed by atoms with Gasteiger partial charge in [0.2, 0.25) is 0 Å². The largest absolute Gasteiger partial charge is 0.336 e. The molecule has 0 bridgehead atoms. The highest BCUT2D eigenvalue weighted by molar-refractivity contribution is 5.72. The van der Waals surface area contributed by atoms with Crippen LogP contribution in [0.25, 0.3) is 5.65 Å². The number of nitrogens with one attached hydrogen (secondary N) is 1. The van der Waals surface area contributed by atoms with Crippen LogP contribution in [0.3, 0.4) is 0 Å². The molecule has 0 saturated heterocycles. The van der Waals surface area contributed by atoms with Gasteiger partial charge >= 0.3 is 0 Å². The van der Waals surface area contributed by atoms with Crippen LogP contribution < -0.4 is 11.1 Å². The monoisotopic (exact) mass is 297 g/mol. The maximum atomic E-state index is 6.06. The summed E-state index contributed by atoms with van der Waals surface area (Å²) in [7, 11) is 1.90. The van der Waals surface area contributed by atoms with Crippen LogP contribution in [0.15, 0.2) is 30.9 Å². The van der Waals surface area contributed by atoms with Crippen LogP contribution in [0.1, 0.15) is 30.7 Å². The van der Waals surface area contributed by atoms with Gasteiger partial charge in [0.05, 0.1) is 5.69 Å². The molecule has 114 valence electrons. The molecule has 0 radical (unpaired) electrons. The lowest BCUT2D eigenvalue weighted by Crippen LogP contribution is -2.14. The number of aromatic nitrogens is 5. The van der Waals surface area contributed by atoms with Crippen LogP contribution in [0.2, 0.25) is 0 Å². The van der Waals surface area contributed by atoms with Gasteiger partial charge in [0.1, 0.15) is 6.33 Å². The maximum absolute atomic E-state index is 6.06. The summed E-state index contributed by atoms with van der Waals surface area (Å²) >= 11 is 0. The summed E-state index contributed by atoms with van der Waals surface area (Å²) in [5, 5.41) is 12.0. The predicted octanol–water partition coefficient (Wildman–Crippen LogP) is 1.80. The first-order valence-electron chi connectivity index (χ1n) is 7.54. The molecule has 2 atom stereocenters. The predicted molar refractivity (Wildman–Crippen MR) is 84.0 cm³/mol. The zero-order valence-corrected chi connectivity index (χ0v) is 12.5. The van der Waals surface area contributed by atoms with E-state index in [2.05, 4.69) is 32.8 Å². The fourth-order valence-corrected chi connectivity index (χ4v) is 3.20. The Hall–Kier alpha value is -2.41. The van der Waals surface area contributed by atoms with Crippen molar-refractivity contribution >= 4 is 17.2 Å². The molecule has 0 amide bonds. The molecule has 3 N–H and O–H groups in total. The molecule has 0 aliphatic heterocycles. The number of hydrogen-bond acceptors (Lipinski definition) is 5. The molecule has 1 fully saturated rings. The first-order valence-corrected chi connectivity index (χ1v) is 7.54. The van der Waals surface area contributed by atoms with Gasteiger partial charge in [0, 0.05) is 31.5 Å². The van der Waals surface area contributed by atoms with Gasteiger partial charge in [-0.05, 0) is 36.8 Å². The van der Waals surface area contributed by atoms with E-state index in [1.54, 1.807) is 11.0 Å². The number of pyridine rings is 1. The molecule has 3 aromatic heterocycles. The van der Waals surface area contributed by atoms with Gasteiger partial charge in [-0.2, -0.15) is 10.2 Å². The van der Waals surface area contributed by atoms with Gasteiger partial charge < -0.3 is 11.1 Å². The number of hydrogen-bond donors (Lipinski definition) is 2. The highest BCUT2D eigenvalue weighted by Gasteiger charge is 2.24. The lowest BCUT2D eigenvalue weighted by Gasteiger charge is -2.13. The average Bonchev–Trinajstić information content (AvgIpc) is 3.20. The molecular weight excluding hydrogens is 278 g/mol. The van der Waals surface area contributed by atoms with E-state index in [-0.39, 0.29) is 0 Å². The van der Waals surface area contributed by atoms with Crippen molar-refractivity contribution in [2.45, 2.75) is 31.2 Å². The summed E-state index contributed by atoms with van der Waals surface area (Å²) in [6, 6.07) is 4.40. The summed E-state index contributed by atoms with van der Waals surface area (Å²) in [5.41, 5.74) is 9.04. The Morgan fingerprint density at radius 1 is 1.36 bits per heavy atom. The quantitative estimate of drug-likeness (QED) is 0.770. The smallest absolute Gasteiger partial charge is 0.178 e. The minimum atomic E-state index is 0.309. The van der Waals surface area contributed by atoms with Gasteiger partial charge in [-0.3, -0.25) is 4.68 Å². The zero-order valence-electron chi connectivity index (χ0n) is 12.5. The van der Waals surface area contributed by atoms with Gasteiger partial charge in [0.25, 0.3) is 0 Å². The van der Waals surface area contributed by atoms with E-state index in [0.717, 1.165) is 36.4 Å². The summed E-state index contributed by atoms with van der Waals surface area (Å²) < 4.78 is 3.59. The van der Waals surface area contributed by atoms with Crippen LogP contribution in [0.5, 0.6) is 0 Å². The minimum absolute atomic E-state index is 0.309. The Balaban J connectivity index is 1.73. The van der Waals surface area contributed by atoms with E-state index >= 15 is 0 Å². The standard InChI is InChI=1S/C15H19N7/c1-21-5-4-14(20-21)19-13-7-11(10-2-3-12(16)6-10)8-22-15(13)17-9-18-22/h4-5,7-10,12H,2-3,6,16H2,1H3,(H,19,20)/t10-,12+/m0/s1. The van der Waals surface area contributed by atoms with Crippen molar-refractivity contribution in [2.75, 3.05) is 5.32 Å². The van der Waals surface area contributed by atoms with E-state index in [1.165, 1.54) is 5.56 Å². The van der Waals surface area contributed by atoms with Crippen molar-refractivity contribution in [3.63, 3.8) is 0 Å². The van der Waals surface area contributed by atoms with E-state index in [0.29, 0.717) is 12.0 Å². The van der Waals surface area contributed by atoms with Gasteiger partial charge in [-0.15, -0.1) is 0 Å². The van der Waals surface area contributed by atoms with E-state index in [1.807, 2.05) is 23.8 Å². The molecule has 0 unspecified atom stereocenters. The topological polar surface area (TPSA) is 86.1 Å². The van der Waals surface area contributed by atoms with Crippen molar-refractivity contribution in [3.8, 4) is 0 Å². The number of nitrogens with two attached hydrogens (primary N) is 1. The first kappa shape index (κ1) is 13.3. The third kappa shape index (κ3) is 2.33. The van der Waals surface area contributed by atoms with Crippen LogP contribution in [0.4, 0.5) is 11.5 Å². The molecule has 3 heterocycles. The lowest BCUT2D eigenvalue weighted by molar-refractivity contribution is 0.671. The highest BCUT2D eigenvalue weighted by atomic mass is 15.3. The number of fused-ring (bicyclic) bond motifs is 1. The average molecular weight is 297 g/mol. The molecular formula is C15H19N7. The number of rotatable bonds is 3. The molecule has 7 heteroatoms. The Labute approximate surface area is 128 Å². The van der Waals surface area contributed by atoms with E-state index in [4.69, 9.17) is 5.73 Å². The molecule has 1 aliphatic carbocycles. The number of aryl methyl sites for hydroxylation is 1. The second-order valence-electron chi connectivity index (χ2n) is 5.99. The minimum Gasteiger partial charge on any atom is -0.336 e. The SMILES string of the molecule is Cn1ccc(Nc2cc([C@H]3CC[C@@H](N)C3)cn3ncnc23)n1. The summed E-state index contributed by atoms with van der Waals surface area (Å²) in [5.74, 6) is 1.29. The number of anilines is 2. The number of nitrogens with zero attached hydrogens (tertiary/aromatic N) is 5. The summed E-state index contributed by atoms with van der Waals surface area (Å²) in [6.07, 6.45) is 8.79. The zero-order chi connectivity index (χ0) is 15.1. The van der Waals surface area contributed by atoms with Crippen LogP contribution >= 0.6 is 0 Å². The fraction of sp³-hybridized carbons (Fsp3) is 0.400. The normalized spacial score (nSPS) is 21.5. The molecule has 7 nitrogen and oxygen atoms in total. The Kier molecular flexibility index (Phi) is 3.07. The van der Waals surface area contributed by atoms with Crippen molar-refractivity contribution in [1.29, 1.82) is 0 Å². The molecule has 3 aromatic rings. The second kappa shape index (κ2) is 5.10. The Bertz CT molecular complexity index is 803. The summed E-state index contributed by atoms with van der Waals surface area (Å²) in [6.45, 7) is 0. The first-order chi connectivity index (χ1) is 10.7. The van der Waals surface area contributed by atoms with E-state index < -0.39 is 0 Å². The molecule has 22 heavy (non-hydrogen) atoms. The molecule has 1 aliphatic rings. The second-order valence-corrected chi connectivity index (χ2v) is 5.99. The molecule has 0 spiro atoms. The fourth-order valence-electron chi connectivity index (χ4n) is 3.20. The maximum Gasteiger partial charge on any atom is 0.178 e. The van der Waals surface area contributed by atoms with Gasteiger partial charge in [0.15, 0.2) is 11.5 Å². The van der Waals surface area contributed by atoms with Gasteiger partial charge in [-0.25, -0.2) is 9.50 Å². The molecule has 0 aromatic carbocycles. The van der Waals surface area contributed by atoms with Crippen LogP contribution in [-0.4, -0.2) is 30.4 Å². The van der Waals surface area contributed by atoms with Crippen LogP contribution in [-0.2, 0) is 7.05 Å². The third-order valence-electron chi connectivity index (χ3n) is 4.32. The lowest BCUT2D eigenvalue weighted by atomic mass is 9.99. The van der Waals surface area contributed by atoms with Crippen molar-refractivity contribution in [3.05, 3.63) is 36.4 Å². The van der Waals surface area contributed by atoms with Crippen LogP contribution in [0, 0.1) is 0 Å².